The van der Waals surface area contributed by atoms with E-state index in [1.54, 1.807) is 19.6 Å². The number of nitrogens with zero attached hydrogens (tertiary/aromatic N) is 2. The van der Waals surface area contributed by atoms with E-state index < -0.39 is 0 Å². The fourth-order valence-corrected chi connectivity index (χ4v) is 8.91. The van der Waals surface area contributed by atoms with Crippen LogP contribution in [0.15, 0.2) is 18.7 Å². The Labute approximate surface area is 198 Å². The fourth-order valence-electron chi connectivity index (χ4n) is 8.91. The number of ketones is 1. The standard InChI is InChI=1S/C26H41N3O3.H3N/c1-25-10-8-18(16-32-28-31-3)14-19(25)4-5-20-21-6-7-23(26(21,2)11-9-22(20)25)24(30)15-29-13-12-27-17-29;/h12-13,17-23,28H,4-11,14-16H2,1-3H3;1H3/t18-,19?,20-,21?,22?,23+,25-,26-;/m0./s1. The second kappa shape index (κ2) is 9.76. The van der Waals surface area contributed by atoms with Crippen LogP contribution in [0, 0.1) is 46.3 Å². The molecular formula is C26H44N4O3. The van der Waals surface area contributed by atoms with Crippen LogP contribution in [-0.4, -0.2) is 29.1 Å². The Kier molecular flexibility index (Phi) is 7.35. The molecule has 33 heavy (non-hydrogen) atoms. The summed E-state index contributed by atoms with van der Waals surface area (Å²) in [5, 5.41) is 0. The zero-order valence-electron chi connectivity index (χ0n) is 20.8. The van der Waals surface area contributed by atoms with Gasteiger partial charge in [-0.3, -0.25) is 14.5 Å². The fraction of sp³-hybridized carbons (Fsp3) is 0.846. The third-order valence-electron chi connectivity index (χ3n) is 10.5. The van der Waals surface area contributed by atoms with Gasteiger partial charge >= 0.3 is 0 Å². The average molecular weight is 461 g/mol. The molecule has 4 aliphatic rings. The molecule has 0 amide bonds. The van der Waals surface area contributed by atoms with Crippen molar-refractivity contribution < 1.29 is 14.5 Å². The highest BCUT2D eigenvalue weighted by atomic mass is 16.9. The molecule has 4 fully saturated rings. The quantitative estimate of drug-likeness (QED) is 0.440. The summed E-state index contributed by atoms with van der Waals surface area (Å²) in [5.41, 5.74) is 3.21. The van der Waals surface area contributed by atoms with Crippen LogP contribution in [0.1, 0.15) is 71.6 Å². The third kappa shape index (κ3) is 4.30. The molecule has 4 aliphatic carbocycles. The molecule has 3 unspecified atom stereocenters. The van der Waals surface area contributed by atoms with Crippen molar-refractivity contribution >= 4 is 5.78 Å². The van der Waals surface area contributed by atoms with Crippen molar-refractivity contribution in [2.75, 3.05) is 13.7 Å². The molecule has 0 bridgehead atoms. The first-order chi connectivity index (χ1) is 15.5. The predicted octanol–water partition coefficient (Wildman–Crippen LogP) is 4.97. The molecule has 0 spiro atoms. The Morgan fingerprint density at radius 1 is 1.09 bits per heavy atom. The third-order valence-corrected chi connectivity index (χ3v) is 10.5. The lowest BCUT2D eigenvalue weighted by molar-refractivity contribution is -0.172. The van der Waals surface area contributed by atoms with Gasteiger partial charge in [0.05, 0.1) is 26.6 Å². The van der Waals surface area contributed by atoms with Crippen molar-refractivity contribution in [2.45, 2.75) is 78.2 Å². The second-order valence-electron chi connectivity index (χ2n) is 11.8. The number of carbonyl (C=O) groups is 1. The molecule has 0 saturated heterocycles. The van der Waals surface area contributed by atoms with Crippen molar-refractivity contribution in [2.24, 2.45) is 46.3 Å². The number of rotatable bonds is 7. The number of carbonyl (C=O) groups excluding carboxylic acids is 1. The highest BCUT2D eigenvalue weighted by Crippen LogP contribution is 2.67. The first kappa shape index (κ1) is 24.8. The molecule has 1 heterocycles. The van der Waals surface area contributed by atoms with E-state index in [4.69, 9.17) is 9.68 Å². The van der Waals surface area contributed by atoms with Crippen molar-refractivity contribution in [3.05, 3.63) is 18.7 Å². The number of hydrogen-bond donors (Lipinski definition) is 2. The Hall–Kier alpha value is -1.28. The summed E-state index contributed by atoms with van der Waals surface area (Å²) < 4.78 is 1.95. The second-order valence-corrected chi connectivity index (χ2v) is 11.8. The maximum absolute atomic E-state index is 13.3. The minimum Gasteiger partial charge on any atom is -0.344 e. The van der Waals surface area contributed by atoms with E-state index in [0.717, 1.165) is 36.7 Å². The number of hydrogen-bond acceptors (Lipinski definition) is 6. The van der Waals surface area contributed by atoms with Crippen molar-refractivity contribution in [3.63, 3.8) is 0 Å². The Balaban J connectivity index is 0.00000259. The molecule has 0 aliphatic heterocycles. The van der Waals surface area contributed by atoms with Crippen LogP contribution in [0.5, 0.6) is 0 Å². The Morgan fingerprint density at radius 2 is 1.88 bits per heavy atom. The summed E-state index contributed by atoms with van der Waals surface area (Å²) in [7, 11) is 1.59. The van der Waals surface area contributed by atoms with Crippen LogP contribution in [0.25, 0.3) is 0 Å². The molecule has 186 valence electrons. The van der Waals surface area contributed by atoms with Gasteiger partial charge in [0.1, 0.15) is 0 Å². The summed E-state index contributed by atoms with van der Waals surface area (Å²) in [4.78, 5) is 27.7. The normalized spacial score (nSPS) is 42.0. The number of nitrogens with one attached hydrogen (secondary N) is 1. The van der Waals surface area contributed by atoms with Crippen molar-refractivity contribution in [1.29, 1.82) is 0 Å². The summed E-state index contributed by atoms with van der Waals surface area (Å²) in [5.74, 6) is 4.47. The van der Waals surface area contributed by atoms with Crippen molar-refractivity contribution in [1.82, 2.24) is 21.3 Å². The molecule has 7 nitrogen and oxygen atoms in total. The number of imidazole rings is 1. The van der Waals surface area contributed by atoms with E-state index in [1.165, 1.54) is 51.4 Å². The van der Waals surface area contributed by atoms with Gasteiger partial charge in [0.15, 0.2) is 5.78 Å². The molecule has 7 heteroatoms. The largest absolute Gasteiger partial charge is 0.344 e. The number of fused-ring (bicyclic) bond motifs is 5. The lowest BCUT2D eigenvalue weighted by Gasteiger charge is -2.61. The van der Waals surface area contributed by atoms with Gasteiger partial charge in [-0.2, -0.15) is 0 Å². The average Bonchev–Trinajstić information content (AvgIpc) is 3.41. The summed E-state index contributed by atoms with van der Waals surface area (Å²) >= 11 is 0. The SMILES string of the molecule is CONOC[C@H]1CC[C@@]2(C)C(CC[C@@H]3C2CC[C@@]2(C)C3CC[C@@H]2C(=O)Cn2ccnc2)C1.N. The maximum Gasteiger partial charge on any atom is 0.156 e. The highest BCUT2D eigenvalue weighted by molar-refractivity contribution is 5.82. The minimum atomic E-state index is 0. The van der Waals surface area contributed by atoms with E-state index in [9.17, 15) is 4.79 Å². The van der Waals surface area contributed by atoms with Gasteiger partial charge < -0.3 is 10.7 Å². The summed E-state index contributed by atoms with van der Waals surface area (Å²) in [6.07, 6.45) is 16.9. The predicted molar refractivity (Wildman–Crippen MR) is 127 cm³/mol. The zero-order valence-corrected chi connectivity index (χ0v) is 20.8. The van der Waals surface area contributed by atoms with Crippen LogP contribution >= 0.6 is 0 Å². The molecule has 1 aromatic rings. The van der Waals surface area contributed by atoms with Gasteiger partial charge in [-0.1, -0.05) is 19.5 Å². The highest BCUT2D eigenvalue weighted by Gasteiger charge is 2.61. The Bertz CT molecular complexity index is 801. The lowest BCUT2D eigenvalue weighted by Crippen LogP contribution is -2.54. The van der Waals surface area contributed by atoms with E-state index in [1.807, 2.05) is 10.8 Å². The van der Waals surface area contributed by atoms with Crippen molar-refractivity contribution in [3.8, 4) is 0 Å². The maximum atomic E-state index is 13.3. The molecule has 4 saturated carbocycles. The van der Waals surface area contributed by atoms with Gasteiger partial charge in [0.25, 0.3) is 0 Å². The van der Waals surface area contributed by atoms with Gasteiger partial charge in [-0.15, -0.1) is 0 Å². The summed E-state index contributed by atoms with van der Waals surface area (Å²) in [6.45, 7) is 6.30. The van der Waals surface area contributed by atoms with Crippen LogP contribution in [-0.2, 0) is 21.0 Å². The van der Waals surface area contributed by atoms with E-state index in [0.29, 0.717) is 23.7 Å². The van der Waals surface area contributed by atoms with Crippen LogP contribution in [0.2, 0.25) is 0 Å². The monoisotopic (exact) mass is 460 g/mol. The molecule has 4 N–H and O–H groups in total. The van der Waals surface area contributed by atoms with Crippen LogP contribution in [0.4, 0.5) is 0 Å². The minimum absolute atomic E-state index is 0. The van der Waals surface area contributed by atoms with Crippen LogP contribution in [0.3, 0.4) is 0 Å². The number of Topliss-reactive ketones (excluding diaryl/α,β-unsaturated/α-hetero) is 1. The van der Waals surface area contributed by atoms with Gasteiger partial charge in [-0.05, 0) is 98.2 Å². The first-order valence-corrected chi connectivity index (χ1v) is 12.8. The lowest BCUT2D eigenvalue weighted by atomic mass is 9.44. The van der Waals surface area contributed by atoms with E-state index >= 15 is 0 Å². The topological polar surface area (TPSA) is 100 Å². The Morgan fingerprint density at radius 3 is 2.64 bits per heavy atom. The molecule has 5 rings (SSSR count). The van der Waals surface area contributed by atoms with Gasteiger partial charge in [0, 0.05) is 18.3 Å². The molecule has 8 atom stereocenters. The van der Waals surface area contributed by atoms with Gasteiger partial charge in [0.2, 0.25) is 0 Å². The first-order valence-electron chi connectivity index (χ1n) is 12.8. The molecule has 0 aromatic carbocycles. The molecular weight excluding hydrogens is 416 g/mol. The molecule has 1 aromatic heterocycles. The zero-order chi connectivity index (χ0) is 22.3. The molecule has 0 radical (unpaired) electrons. The van der Waals surface area contributed by atoms with Crippen LogP contribution < -0.4 is 11.8 Å². The summed E-state index contributed by atoms with van der Waals surface area (Å²) in [6, 6.07) is 0. The van der Waals surface area contributed by atoms with Gasteiger partial charge in [-0.25, -0.2) is 4.98 Å². The smallest absolute Gasteiger partial charge is 0.156 e. The van der Waals surface area contributed by atoms with E-state index in [-0.39, 0.29) is 17.5 Å². The van der Waals surface area contributed by atoms with E-state index in [2.05, 4.69) is 24.5 Å². The number of aromatic nitrogens is 2.